The van der Waals surface area contributed by atoms with E-state index in [1.165, 1.54) is 65.0 Å². The van der Waals surface area contributed by atoms with Crippen LogP contribution in [0.1, 0.15) is 0 Å². The first-order valence-electron chi connectivity index (χ1n) is 14.4. The molecule has 0 radical (unpaired) electrons. The largest absolute Gasteiger partial charge is 0.309 e. The van der Waals surface area contributed by atoms with Gasteiger partial charge in [0.25, 0.3) is 0 Å². The van der Waals surface area contributed by atoms with Crippen molar-refractivity contribution in [3.63, 3.8) is 0 Å². The van der Waals surface area contributed by atoms with Crippen LogP contribution in [0.3, 0.4) is 0 Å². The second-order valence-corrected chi connectivity index (χ2v) is 11.2. The van der Waals surface area contributed by atoms with Crippen molar-refractivity contribution in [1.82, 2.24) is 14.1 Å². The fraction of sp³-hybridized carbons (Fsp3) is 0. The molecule has 0 spiro atoms. The maximum absolute atomic E-state index is 4.94. The lowest BCUT2D eigenvalue weighted by Gasteiger charge is -2.14. The van der Waals surface area contributed by atoms with Gasteiger partial charge in [-0.3, -0.25) is 4.98 Å². The highest BCUT2D eigenvalue weighted by Crippen LogP contribution is 2.42. The predicted molar refractivity (Wildman–Crippen MR) is 177 cm³/mol. The van der Waals surface area contributed by atoms with Crippen molar-refractivity contribution in [2.45, 2.75) is 0 Å². The van der Waals surface area contributed by atoms with E-state index < -0.39 is 0 Å². The molecule has 10 aromatic rings. The standard InChI is InChI=1S/C39H23N3/c1-3-11-32-29(9-1)30-10-2-4-12-33(30)41(32)27-17-19-28(20-18-27)42-34-13-6-22-40-39(34)38-31-21-16-25-8-5-7-24-14-15-26(23-35(38)42)37(31)36(24)25/h1-23H. The summed E-state index contributed by atoms with van der Waals surface area (Å²) in [7, 11) is 0. The topological polar surface area (TPSA) is 22.8 Å². The van der Waals surface area contributed by atoms with Crippen LogP contribution in [0.15, 0.2) is 140 Å². The fourth-order valence-electron chi connectivity index (χ4n) is 7.35. The van der Waals surface area contributed by atoms with Gasteiger partial charge in [0.1, 0.15) is 0 Å². The number of para-hydroxylation sites is 2. The van der Waals surface area contributed by atoms with Crippen LogP contribution in [0.4, 0.5) is 0 Å². The maximum atomic E-state index is 4.94. The Morgan fingerprint density at radius 1 is 0.381 bits per heavy atom. The average molecular weight is 534 g/mol. The van der Waals surface area contributed by atoms with Crippen molar-refractivity contribution in [2.75, 3.05) is 0 Å². The molecular weight excluding hydrogens is 510 g/mol. The molecule has 3 nitrogen and oxygen atoms in total. The second-order valence-electron chi connectivity index (χ2n) is 11.2. The molecular formula is C39H23N3. The monoisotopic (exact) mass is 533 g/mol. The molecule has 0 N–H and O–H groups in total. The van der Waals surface area contributed by atoms with Crippen molar-refractivity contribution in [3.05, 3.63) is 140 Å². The minimum Gasteiger partial charge on any atom is -0.309 e. The molecule has 0 aliphatic carbocycles. The number of rotatable bonds is 2. The van der Waals surface area contributed by atoms with E-state index in [-0.39, 0.29) is 0 Å². The first-order valence-corrected chi connectivity index (χ1v) is 14.4. The highest BCUT2D eigenvalue weighted by Gasteiger charge is 2.19. The summed E-state index contributed by atoms with van der Waals surface area (Å²) in [5, 5.41) is 11.5. The van der Waals surface area contributed by atoms with Crippen molar-refractivity contribution in [1.29, 1.82) is 0 Å². The molecule has 0 aliphatic rings. The molecule has 3 heteroatoms. The zero-order valence-corrected chi connectivity index (χ0v) is 22.6. The molecule has 3 aromatic heterocycles. The van der Waals surface area contributed by atoms with Gasteiger partial charge in [-0.25, -0.2) is 0 Å². The van der Waals surface area contributed by atoms with Gasteiger partial charge in [0.2, 0.25) is 0 Å². The van der Waals surface area contributed by atoms with Crippen LogP contribution in [0.5, 0.6) is 0 Å². The van der Waals surface area contributed by atoms with Gasteiger partial charge in [0.05, 0.1) is 27.6 Å². The quantitative estimate of drug-likeness (QED) is 0.203. The van der Waals surface area contributed by atoms with Gasteiger partial charge < -0.3 is 9.13 Å². The van der Waals surface area contributed by atoms with Gasteiger partial charge in [-0.1, -0.05) is 78.9 Å². The Labute approximate surface area is 240 Å². The van der Waals surface area contributed by atoms with Gasteiger partial charge in [-0.15, -0.1) is 0 Å². The van der Waals surface area contributed by atoms with Crippen molar-refractivity contribution in [3.8, 4) is 11.4 Å². The number of pyridine rings is 1. The van der Waals surface area contributed by atoms with Gasteiger partial charge in [-0.2, -0.15) is 0 Å². The molecule has 3 heterocycles. The Hall–Kier alpha value is -5.67. The van der Waals surface area contributed by atoms with Crippen molar-refractivity contribution < 1.29 is 0 Å². The van der Waals surface area contributed by atoms with E-state index in [0.29, 0.717) is 0 Å². The van der Waals surface area contributed by atoms with Gasteiger partial charge >= 0.3 is 0 Å². The fourth-order valence-corrected chi connectivity index (χ4v) is 7.35. The SMILES string of the molecule is c1cc2ccc3cc4c(c5ccc(c1)c2c35)c1ncccc1n4-c1ccc(-n2c3ccccc3c3ccccc32)cc1. The lowest BCUT2D eigenvalue weighted by molar-refractivity contribution is 1.14. The molecule has 10 rings (SSSR count). The highest BCUT2D eigenvalue weighted by molar-refractivity contribution is 6.32. The van der Waals surface area contributed by atoms with Crippen LogP contribution in [0, 0.1) is 0 Å². The number of hydrogen-bond acceptors (Lipinski definition) is 1. The molecule has 0 amide bonds. The lowest BCUT2D eigenvalue weighted by Crippen LogP contribution is -1.97. The smallest absolute Gasteiger partial charge is 0.0969 e. The van der Waals surface area contributed by atoms with Crippen LogP contribution in [0.2, 0.25) is 0 Å². The summed E-state index contributed by atoms with van der Waals surface area (Å²) in [6.07, 6.45) is 1.91. The molecule has 194 valence electrons. The summed E-state index contributed by atoms with van der Waals surface area (Å²) >= 11 is 0. The molecule has 0 fully saturated rings. The third-order valence-electron chi connectivity index (χ3n) is 9.08. The van der Waals surface area contributed by atoms with Gasteiger partial charge in [-0.05, 0) is 86.9 Å². The number of fused-ring (bicyclic) bond motifs is 7. The summed E-state index contributed by atoms with van der Waals surface area (Å²) in [6, 6.07) is 48.5. The Kier molecular flexibility index (Phi) is 4.18. The zero-order chi connectivity index (χ0) is 27.4. The zero-order valence-electron chi connectivity index (χ0n) is 22.6. The van der Waals surface area contributed by atoms with E-state index >= 15 is 0 Å². The highest BCUT2D eigenvalue weighted by atomic mass is 15.0. The minimum absolute atomic E-state index is 1.04. The Morgan fingerprint density at radius 3 is 1.69 bits per heavy atom. The number of aromatic nitrogens is 3. The molecule has 0 atom stereocenters. The molecule has 7 aromatic carbocycles. The minimum atomic E-state index is 1.04. The van der Waals surface area contributed by atoms with Crippen molar-refractivity contribution in [2.24, 2.45) is 0 Å². The van der Waals surface area contributed by atoms with Crippen molar-refractivity contribution >= 4 is 76.1 Å². The molecule has 0 unspecified atom stereocenters. The van der Waals surface area contributed by atoms with Crippen LogP contribution in [-0.4, -0.2) is 14.1 Å². The molecule has 0 aliphatic heterocycles. The van der Waals surface area contributed by atoms with E-state index in [1.54, 1.807) is 0 Å². The first kappa shape index (κ1) is 22.1. The predicted octanol–water partition coefficient (Wildman–Crippen LogP) is 10.2. The molecule has 42 heavy (non-hydrogen) atoms. The molecule has 0 saturated heterocycles. The summed E-state index contributed by atoms with van der Waals surface area (Å²) < 4.78 is 4.74. The van der Waals surface area contributed by atoms with E-state index in [1.807, 2.05) is 12.3 Å². The van der Waals surface area contributed by atoms with E-state index in [9.17, 15) is 0 Å². The number of nitrogens with zero attached hydrogens (tertiary/aromatic N) is 3. The summed E-state index contributed by atoms with van der Waals surface area (Å²) in [6.45, 7) is 0. The lowest BCUT2D eigenvalue weighted by atomic mass is 9.92. The summed E-state index contributed by atoms with van der Waals surface area (Å²) in [5.74, 6) is 0. The van der Waals surface area contributed by atoms with Crippen LogP contribution >= 0.6 is 0 Å². The number of hydrogen-bond donors (Lipinski definition) is 0. The van der Waals surface area contributed by atoms with Crippen LogP contribution in [0.25, 0.3) is 87.4 Å². The first-order chi connectivity index (χ1) is 20.8. The summed E-state index contributed by atoms with van der Waals surface area (Å²) in [5.41, 5.74) is 8.05. The van der Waals surface area contributed by atoms with Gasteiger partial charge in [0.15, 0.2) is 0 Å². The second kappa shape index (κ2) is 7.96. The maximum Gasteiger partial charge on any atom is 0.0969 e. The third kappa shape index (κ3) is 2.77. The third-order valence-corrected chi connectivity index (χ3v) is 9.08. The van der Waals surface area contributed by atoms with E-state index in [2.05, 4.69) is 137 Å². The Balaban J connectivity index is 1.26. The summed E-state index contributed by atoms with van der Waals surface area (Å²) in [4.78, 5) is 4.94. The van der Waals surface area contributed by atoms with E-state index in [4.69, 9.17) is 4.98 Å². The normalized spacial score (nSPS) is 12.3. The Bertz CT molecular complexity index is 2600. The van der Waals surface area contributed by atoms with Crippen LogP contribution < -0.4 is 0 Å². The van der Waals surface area contributed by atoms with E-state index in [0.717, 1.165) is 22.4 Å². The van der Waals surface area contributed by atoms with Crippen LogP contribution in [-0.2, 0) is 0 Å². The molecule has 0 bridgehead atoms. The number of benzene rings is 7. The van der Waals surface area contributed by atoms with Gasteiger partial charge in [0, 0.05) is 33.7 Å². The Morgan fingerprint density at radius 2 is 0.976 bits per heavy atom. The molecule has 0 saturated carbocycles. The average Bonchev–Trinajstić information content (AvgIpc) is 3.56.